The summed E-state index contributed by atoms with van der Waals surface area (Å²) in [5.74, 6) is -0.679. The molecule has 1 aliphatic carbocycles. The Labute approximate surface area is 391 Å². The molecule has 9 rings (SSSR count). The van der Waals surface area contributed by atoms with Crippen LogP contribution >= 0.6 is 0 Å². The van der Waals surface area contributed by atoms with Gasteiger partial charge in [-0.05, 0) is 75.7 Å². The molecule has 0 unspecified atom stereocenters. The molecule has 0 bridgehead atoms. The largest absolute Gasteiger partial charge is 0.481 e. The van der Waals surface area contributed by atoms with Crippen molar-refractivity contribution in [2.75, 3.05) is 38.5 Å². The normalized spacial score (nSPS) is 12.4. The van der Waals surface area contributed by atoms with Crippen molar-refractivity contribution < 1.29 is 33.4 Å². The number of anilines is 2. The van der Waals surface area contributed by atoms with Gasteiger partial charge in [0.25, 0.3) is 17.7 Å². The standard InChI is InChI=1S/C28H30N6O3.C22H19N5O4/c1-37-25-14-13-24(26(32-25)28(36)29-17-19-7-3-2-4-8-19)31-27(35)23-12-11-20(18-34-16-15-30-33-34)21-9-5-6-10-22(21)23;1-30-19-10-9-18(20(25-19)22(29)31-2)24-21(28)17-8-7-14(13-27-12-11-23-26-27)15-5-3-4-6-16(15)17/h5-6,9-16,19H,2-4,7-8,17-18H2,1H3,(H,29,36)(H,31,35);3-12H,13H2,1-2H3,(H,24,28). The van der Waals surface area contributed by atoms with E-state index in [4.69, 9.17) is 14.2 Å². The summed E-state index contributed by atoms with van der Waals surface area (Å²) in [7, 11) is 4.18. The summed E-state index contributed by atoms with van der Waals surface area (Å²) in [4.78, 5) is 60.3. The number of ether oxygens (including phenoxy) is 3. The number of hydrogen-bond donors (Lipinski definition) is 3. The van der Waals surface area contributed by atoms with E-state index in [9.17, 15) is 19.2 Å². The van der Waals surface area contributed by atoms with E-state index in [2.05, 4.69) is 46.5 Å². The number of methoxy groups -OCH3 is 3. The molecule has 1 fully saturated rings. The second-order valence-corrected chi connectivity index (χ2v) is 16.0. The lowest BCUT2D eigenvalue weighted by Gasteiger charge is -2.22. The minimum atomic E-state index is -0.678. The number of benzene rings is 4. The van der Waals surface area contributed by atoms with Crippen LogP contribution in [0, 0.1) is 5.92 Å². The van der Waals surface area contributed by atoms with Crippen LogP contribution in [0.5, 0.6) is 11.8 Å². The summed E-state index contributed by atoms with van der Waals surface area (Å²) in [6, 6.07) is 29.1. The van der Waals surface area contributed by atoms with Crippen LogP contribution in [-0.2, 0) is 17.8 Å². The number of aromatic nitrogens is 8. The first kappa shape index (κ1) is 46.0. The highest BCUT2D eigenvalue weighted by atomic mass is 16.5. The average Bonchev–Trinajstić information content (AvgIpc) is 4.11. The van der Waals surface area contributed by atoms with Crippen molar-refractivity contribution in [1.29, 1.82) is 0 Å². The predicted octanol–water partition coefficient (Wildman–Crippen LogP) is 7.37. The van der Waals surface area contributed by atoms with Gasteiger partial charge < -0.3 is 30.2 Å². The van der Waals surface area contributed by atoms with Crippen LogP contribution in [0.1, 0.15) is 84.9 Å². The Bertz CT molecular complexity index is 3060. The number of nitrogens with zero attached hydrogens (tertiary/aromatic N) is 8. The molecule has 4 heterocycles. The molecule has 0 aliphatic heterocycles. The summed E-state index contributed by atoms with van der Waals surface area (Å²) in [5, 5.41) is 27.9. The maximum Gasteiger partial charge on any atom is 0.358 e. The van der Waals surface area contributed by atoms with Gasteiger partial charge in [-0.15, -0.1) is 10.2 Å². The van der Waals surface area contributed by atoms with Crippen LogP contribution in [0.2, 0.25) is 0 Å². The average molecular weight is 916 g/mol. The van der Waals surface area contributed by atoms with E-state index in [1.165, 1.54) is 40.6 Å². The maximum atomic E-state index is 13.5. The molecule has 0 saturated heterocycles. The molecule has 1 aliphatic rings. The fourth-order valence-corrected chi connectivity index (χ4v) is 8.21. The zero-order valence-corrected chi connectivity index (χ0v) is 37.7. The summed E-state index contributed by atoms with van der Waals surface area (Å²) in [6.45, 7) is 1.66. The van der Waals surface area contributed by atoms with Crippen molar-refractivity contribution in [3.05, 3.63) is 155 Å². The molecule has 346 valence electrons. The Balaban J connectivity index is 0.000000187. The molecule has 0 spiro atoms. The van der Waals surface area contributed by atoms with Gasteiger partial charge in [-0.25, -0.2) is 24.1 Å². The van der Waals surface area contributed by atoms with Gasteiger partial charge in [0.15, 0.2) is 11.4 Å². The third kappa shape index (κ3) is 10.8. The van der Waals surface area contributed by atoms with Crippen molar-refractivity contribution in [2.24, 2.45) is 5.92 Å². The zero-order chi connectivity index (χ0) is 47.4. The van der Waals surface area contributed by atoms with Crippen molar-refractivity contribution in [3.63, 3.8) is 0 Å². The van der Waals surface area contributed by atoms with E-state index in [0.29, 0.717) is 48.2 Å². The Morgan fingerprint density at radius 1 is 0.574 bits per heavy atom. The van der Waals surface area contributed by atoms with Crippen molar-refractivity contribution >= 4 is 56.6 Å². The van der Waals surface area contributed by atoms with E-state index in [1.54, 1.807) is 70.5 Å². The van der Waals surface area contributed by atoms with E-state index in [0.717, 1.165) is 45.5 Å². The molecule has 4 aromatic carbocycles. The summed E-state index contributed by atoms with van der Waals surface area (Å²) < 4.78 is 18.5. The molecule has 3 N–H and O–H groups in total. The van der Waals surface area contributed by atoms with Crippen LogP contribution in [0.4, 0.5) is 11.4 Å². The highest BCUT2D eigenvalue weighted by molar-refractivity contribution is 6.16. The number of esters is 1. The highest BCUT2D eigenvalue weighted by Gasteiger charge is 2.23. The van der Waals surface area contributed by atoms with Crippen LogP contribution in [-0.4, -0.2) is 91.5 Å². The van der Waals surface area contributed by atoms with Gasteiger partial charge >= 0.3 is 5.97 Å². The Kier molecular flexibility index (Phi) is 14.6. The molecule has 18 heteroatoms. The fourth-order valence-electron chi connectivity index (χ4n) is 8.21. The molecule has 1 saturated carbocycles. The molecular weight excluding hydrogens is 867 g/mol. The van der Waals surface area contributed by atoms with Gasteiger partial charge in [0.1, 0.15) is 0 Å². The molecule has 18 nitrogen and oxygen atoms in total. The van der Waals surface area contributed by atoms with E-state index in [-0.39, 0.29) is 40.7 Å². The third-order valence-electron chi connectivity index (χ3n) is 11.7. The molecule has 0 radical (unpaired) electrons. The van der Waals surface area contributed by atoms with Crippen molar-refractivity contribution in [1.82, 2.24) is 45.3 Å². The molecule has 68 heavy (non-hydrogen) atoms. The SMILES string of the molecule is COC(=O)c1nc(OC)ccc1NC(=O)c1ccc(Cn2ccnn2)c2ccccc12.COc1ccc(NC(=O)c2ccc(Cn3ccnn3)c3ccccc23)c(C(=O)NCC2CCCCC2)n1. The van der Waals surface area contributed by atoms with E-state index >= 15 is 0 Å². The van der Waals surface area contributed by atoms with Crippen molar-refractivity contribution in [3.8, 4) is 11.8 Å². The topological polar surface area (TPSA) is 219 Å². The van der Waals surface area contributed by atoms with Crippen LogP contribution in [0.15, 0.2) is 122 Å². The van der Waals surface area contributed by atoms with Gasteiger partial charge in [0.2, 0.25) is 11.8 Å². The number of nitrogens with one attached hydrogen (secondary N) is 3. The van der Waals surface area contributed by atoms with E-state index < -0.39 is 5.97 Å². The molecular formula is C50H49N11O7. The Morgan fingerprint density at radius 2 is 1.06 bits per heavy atom. The third-order valence-corrected chi connectivity index (χ3v) is 11.7. The quantitative estimate of drug-likeness (QED) is 0.0909. The molecule has 8 aromatic rings. The Morgan fingerprint density at radius 3 is 1.53 bits per heavy atom. The fraction of sp³-hybridized carbons (Fsp3) is 0.240. The number of carbonyl (C=O) groups excluding carboxylic acids is 4. The number of rotatable bonds is 14. The van der Waals surface area contributed by atoms with Crippen LogP contribution in [0.25, 0.3) is 21.5 Å². The van der Waals surface area contributed by atoms with Gasteiger partial charge in [-0.1, -0.05) is 90.4 Å². The maximum absolute atomic E-state index is 13.5. The predicted molar refractivity (Wildman–Crippen MR) is 254 cm³/mol. The number of fused-ring (bicyclic) bond motifs is 2. The van der Waals surface area contributed by atoms with Crippen molar-refractivity contribution in [2.45, 2.75) is 45.2 Å². The second-order valence-electron chi connectivity index (χ2n) is 16.0. The minimum absolute atomic E-state index is 0.0395. The van der Waals surface area contributed by atoms with Gasteiger partial charge in [0.05, 0.1) is 58.2 Å². The zero-order valence-electron chi connectivity index (χ0n) is 37.7. The lowest BCUT2D eigenvalue weighted by atomic mass is 9.89. The number of pyridine rings is 2. The monoisotopic (exact) mass is 915 g/mol. The summed E-state index contributed by atoms with van der Waals surface area (Å²) >= 11 is 0. The number of hydrogen-bond acceptors (Lipinski definition) is 13. The lowest BCUT2D eigenvalue weighted by molar-refractivity contribution is 0.0594. The first-order valence-electron chi connectivity index (χ1n) is 22.0. The molecule has 0 atom stereocenters. The smallest absolute Gasteiger partial charge is 0.358 e. The molecule has 4 aromatic heterocycles. The lowest BCUT2D eigenvalue weighted by Crippen LogP contribution is -2.31. The van der Waals surface area contributed by atoms with Gasteiger partial charge in [0, 0.05) is 42.2 Å². The highest BCUT2D eigenvalue weighted by Crippen LogP contribution is 2.29. The number of amides is 3. The van der Waals surface area contributed by atoms with Crippen LogP contribution in [0.3, 0.4) is 0 Å². The number of carbonyl (C=O) groups is 4. The van der Waals surface area contributed by atoms with Gasteiger partial charge in [-0.3, -0.25) is 14.4 Å². The molecule has 3 amide bonds. The second kappa shape index (κ2) is 21.6. The summed E-state index contributed by atoms with van der Waals surface area (Å²) in [6.07, 6.45) is 12.7. The van der Waals surface area contributed by atoms with Crippen LogP contribution < -0.4 is 25.4 Å². The first-order valence-corrected chi connectivity index (χ1v) is 22.0. The van der Waals surface area contributed by atoms with Gasteiger partial charge in [-0.2, -0.15) is 0 Å². The summed E-state index contributed by atoms with van der Waals surface area (Å²) in [5.41, 5.74) is 3.64. The van der Waals surface area contributed by atoms with E-state index in [1.807, 2.05) is 60.7 Å². The Hall–Kier alpha value is -8.54. The minimum Gasteiger partial charge on any atom is -0.481 e. The first-order chi connectivity index (χ1) is 33.2.